The number of hydrogen-bond donors (Lipinski definition) is 1. The van der Waals surface area contributed by atoms with Crippen LogP contribution in [0.15, 0.2) is 59.5 Å². The summed E-state index contributed by atoms with van der Waals surface area (Å²) >= 11 is 0. The van der Waals surface area contributed by atoms with Gasteiger partial charge < -0.3 is 15.0 Å². The zero-order valence-corrected chi connectivity index (χ0v) is 21.0. The van der Waals surface area contributed by atoms with E-state index in [2.05, 4.69) is 19.2 Å². The molecule has 184 valence electrons. The van der Waals surface area contributed by atoms with Crippen LogP contribution in [0.3, 0.4) is 0 Å². The van der Waals surface area contributed by atoms with Gasteiger partial charge in [0.05, 0.1) is 25.1 Å². The highest BCUT2D eigenvalue weighted by molar-refractivity contribution is 7.89. The minimum Gasteiger partial charge on any atom is -0.496 e. The minimum atomic E-state index is -3.96. The molecular weight excluding hydrogens is 454 g/mol. The van der Waals surface area contributed by atoms with Gasteiger partial charge in [-0.05, 0) is 37.5 Å². The first-order chi connectivity index (χ1) is 16.1. The summed E-state index contributed by atoms with van der Waals surface area (Å²) in [5.74, 6) is 0.153. The number of piperazine rings is 1. The van der Waals surface area contributed by atoms with Crippen LogP contribution < -0.4 is 10.1 Å². The molecule has 1 atom stereocenters. The van der Waals surface area contributed by atoms with Crippen LogP contribution in [0.1, 0.15) is 32.8 Å². The van der Waals surface area contributed by atoms with E-state index in [-0.39, 0.29) is 30.4 Å². The lowest BCUT2D eigenvalue weighted by Gasteiger charge is -2.47. The maximum atomic E-state index is 13.5. The Kier molecular flexibility index (Phi) is 7.99. The second-order valence-electron chi connectivity index (χ2n) is 9.09. The lowest BCUT2D eigenvalue weighted by molar-refractivity contribution is -0.153. The van der Waals surface area contributed by atoms with Crippen LogP contribution in [0.25, 0.3) is 0 Å². The van der Waals surface area contributed by atoms with Crippen molar-refractivity contribution in [1.29, 1.82) is 0 Å². The molecular formula is C25H33N3O5S. The number of carbonyl (C=O) groups excluding carboxylic acids is 2. The average molecular weight is 488 g/mol. The number of sulfonamides is 1. The zero-order chi connectivity index (χ0) is 24.9. The zero-order valence-electron chi connectivity index (χ0n) is 20.2. The first-order valence-electron chi connectivity index (χ1n) is 11.4. The SMILES string of the molecule is COc1ccccc1CN1C(=O)CN(S(=O)(=O)c2ccccc2)C[C@@]1(C)C(=O)NCCC(C)C. The number of nitrogens with zero attached hydrogens (tertiary/aromatic N) is 2. The molecule has 2 aromatic carbocycles. The van der Waals surface area contributed by atoms with E-state index in [1.807, 2.05) is 18.2 Å². The Morgan fingerprint density at radius 1 is 1.12 bits per heavy atom. The molecule has 1 N–H and O–H groups in total. The predicted octanol–water partition coefficient (Wildman–Crippen LogP) is 2.65. The van der Waals surface area contributed by atoms with Gasteiger partial charge in [0, 0.05) is 18.7 Å². The van der Waals surface area contributed by atoms with Gasteiger partial charge in [-0.25, -0.2) is 8.42 Å². The Morgan fingerprint density at radius 2 is 1.76 bits per heavy atom. The smallest absolute Gasteiger partial charge is 0.247 e. The molecule has 1 aliphatic rings. The number of hydrogen-bond acceptors (Lipinski definition) is 5. The van der Waals surface area contributed by atoms with E-state index >= 15 is 0 Å². The van der Waals surface area contributed by atoms with Gasteiger partial charge >= 0.3 is 0 Å². The molecule has 0 bridgehead atoms. The molecule has 8 nitrogen and oxygen atoms in total. The van der Waals surface area contributed by atoms with Gasteiger partial charge in [-0.3, -0.25) is 9.59 Å². The van der Waals surface area contributed by atoms with Gasteiger partial charge in [0.15, 0.2) is 0 Å². The van der Waals surface area contributed by atoms with Crippen molar-refractivity contribution in [1.82, 2.24) is 14.5 Å². The summed E-state index contributed by atoms with van der Waals surface area (Å²) < 4.78 is 33.2. The summed E-state index contributed by atoms with van der Waals surface area (Å²) in [7, 11) is -2.42. The standard InChI is InChI=1S/C25H33N3O5S/c1-19(2)14-15-26-24(30)25(3)18-27(34(31,32)21-11-6-5-7-12-21)17-23(29)28(25)16-20-10-8-9-13-22(20)33-4/h5-13,19H,14-18H2,1-4H3,(H,26,30)/t25-/m0/s1. The Hall–Kier alpha value is -2.91. The Morgan fingerprint density at radius 3 is 2.41 bits per heavy atom. The first-order valence-corrected chi connectivity index (χ1v) is 12.8. The van der Waals surface area contributed by atoms with Crippen LogP contribution in [0.5, 0.6) is 5.75 Å². The summed E-state index contributed by atoms with van der Waals surface area (Å²) in [5, 5.41) is 2.92. The Bertz CT molecular complexity index is 1120. The first kappa shape index (κ1) is 25.7. The van der Waals surface area contributed by atoms with Crippen molar-refractivity contribution in [2.24, 2.45) is 5.92 Å². The van der Waals surface area contributed by atoms with Crippen molar-refractivity contribution in [3.8, 4) is 5.75 Å². The molecule has 2 aromatic rings. The fourth-order valence-electron chi connectivity index (χ4n) is 4.03. The van der Waals surface area contributed by atoms with Crippen molar-refractivity contribution in [2.75, 3.05) is 26.7 Å². The van der Waals surface area contributed by atoms with E-state index in [1.165, 1.54) is 17.0 Å². The quantitative estimate of drug-likeness (QED) is 0.587. The number of amides is 2. The third kappa shape index (κ3) is 5.42. The van der Waals surface area contributed by atoms with Crippen molar-refractivity contribution in [2.45, 2.75) is 44.2 Å². The number of carbonyl (C=O) groups is 2. The largest absolute Gasteiger partial charge is 0.496 e. The lowest BCUT2D eigenvalue weighted by Crippen LogP contribution is -2.69. The maximum absolute atomic E-state index is 13.5. The van der Waals surface area contributed by atoms with Crippen LogP contribution >= 0.6 is 0 Å². The summed E-state index contributed by atoms with van der Waals surface area (Å²) in [6.07, 6.45) is 0.772. The van der Waals surface area contributed by atoms with Gasteiger partial charge in [-0.1, -0.05) is 50.2 Å². The number of ether oxygens (including phenoxy) is 1. The molecule has 0 saturated carbocycles. The molecule has 34 heavy (non-hydrogen) atoms. The average Bonchev–Trinajstić information content (AvgIpc) is 2.81. The lowest BCUT2D eigenvalue weighted by atomic mass is 9.94. The van der Waals surface area contributed by atoms with E-state index in [0.29, 0.717) is 18.2 Å². The Balaban J connectivity index is 1.97. The highest BCUT2D eigenvalue weighted by Crippen LogP contribution is 2.31. The molecule has 9 heteroatoms. The van der Waals surface area contributed by atoms with Gasteiger partial charge in [0.2, 0.25) is 21.8 Å². The summed E-state index contributed by atoms with van der Waals surface area (Å²) in [6.45, 7) is 5.79. The number of rotatable bonds is 9. The van der Waals surface area contributed by atoms with Crippen molar-refractivity contribution in [3.05, 3.63) is 60.2 Å². The minimum absolute atomic E-state index is 0.0866. The predicted molar refractivity (Wildman–Crippen MR) is 130 cm³/mol. The third-order valence-electron chi connectivity index (χ3n) is 6.09. The second kappa shape index (κ2) is 10.6. The molecule has 1 saturated heterocycles. The number of para-hydroxylation sites is 1. The normalized spacial score (nSPS) is 19.3. The molecule has 0 radical (unpaired) electrons. The fourth-order valence-corrected chi connectivity index (χ4v) is 5.53. The van der Waals surface area contributed by atoms with E-state index in [0.717, 1.165) is 16.3 Å². The van der Waals surface area contributed by atoms with Gasteiger partial charge in [0.1, 0.15) is 11.3 Å². The monoisotopic (exact) mass is 487 g/mol. The molecule has 1 fully saturated rings. The highest BCUT2D eigenvalue weighted by atomic mass is 32.2. The molecule has 1 heterocycles. The third-order valence-corrected chi connectivity index (χ3v) is 7.90. The number of nitrogens with one attached hydrogen (secondary N) is 1. The molecule has 1 aliphatic heterocycles. The second-order valence-corrected chi connectivity index (χ2v) is 11.0. The number of methoxy groups -OCH3 is 1. The fraction of sp³-hybridized carbons (Fsp3) is 0.440. The van der Waals surface area contributed by atoms with Crippen molar-refractivity contribution in [3.63, 3.8) is 0 Å². The summed E-state index contributed by atoms with van der Waals surface area (Å²) in [5.41, 5.74) is -0.673. The van der Waals surface area contributed by atoms with Crippen LogP contribution in [0.2, 0.25) is 0 Å². The van der Waals surface area contributed by atoms with Crippen molar-refractivity contribution >= 4 is 21.8 Å². The molecule has 0 aliphatic carbocycles. The molecule has 2 amide bonds. The van der Waals surface area contributed by atoms with Gasteiger partial charge in [-0.2, -0.15) is 4.31 Å². The maximum Gasteiger partial charge on any atom is 0.247 e. The van der Waals surface area contributed by atoms with E-state index < -0.39 is 21.5 Å². The summed E-state index contributed by atoms with van der Waals surface area (Å²) in [6, 6.07) is 15.2. The van der Waals surface area contributed by atoms with E-state index in [1.54, 1.807) is 38.3 Å². The topological polar surface area (TPSA) is 96.0 Å². The van der Waals surface area contributed by atoms with E-state index in [9.17, 15) is 18.0 Å². The number of benzene rings is 2. The highest BCUT2D eigenvalue weighted by Gasteiger charge is 2.50. The molecule has 0 spiro atoms. The summed E-state index contributed by atoms with van der Waals surface area (Å²) in [4.78, 5) is 28.4. The molecule has 0 aromatic heterocycles. The van der Waals surface area contributed by atoms with Crippen LogP contribution in [0, 0.1) is 5.92 Å². The van der Waals surface area contributed by atoms with Gasteiger partial charge in [0.25, 0.3) is 0 Å². The van der Waals surface area contributed by atoms with Crippen LogP contribution in [-0.4, -0.2) is 61.7 Å². The van der Waals surface area contributed by atoms with Crippen LogP contribution in [-0.2, 0) is 26.2 Å². The molecule has 3 rings (SSSR count). The van der Waals surface area contributed by atoms with E-state index in [4.69, 9.17) is 4.74 Å². The molecule has 0 unspecified atom stereocenters. The van der Waals surface area contributed by atoms with Crippen LogP contribution in [0.4, 0.5) is 0 Å². The Labute approximate surface area is 201 Å². The van der Waals surface area contributed by atoms with Gasteiger partial charge in [-0.15, -0.1) is 0 Å². The van der Waals surface area contributed by atoms with Crippen molar-refractivity contribution < 1.29 is 22.7 Å².